The van der Waals surface area contributed by atoms with Gasteiger partial charge < -0.3 is 30.0 Å². The van der Waals surface area contributed by atoms with Crippen LogP contribution in [-0.4, -0.2) is 60.1 Å². The fourth-order valence-corrected chi connectivity index (χ4v) is 4.61. The van der Waals surface area contributed by atoms with Crippen LogP contribution >= 0.6 is 11.6 Å². The number of pyridine rings is 1. The Balaban J connectivity index is 1.54. The number of methoxy groups -OCH3 is 1. The maximum Gasteiger partial charge on any atom is 0.342 e. The molecule has 0 saturated carbocycles. The van der Waals surface area contributed by atoms with Crippen molar-refractivity contribution in [1.82, 2.24) is 9.88 Å². The second-order valence-electron chi connectivity index (χ2n) is 9.08. The quantitative estimate of drug-likeness (QED) is 0.151. The molecule has 9 nitrogen and oxygen atoms in total. The minimum absolute atomic E-state index is 0.124. The number of nitrogens with zero attached hydrogens (tertiary/aromatic N) is 2. The number of hydrogen-bond acceptors (Lipinski definition) is 8. The SMILES string of the molecule is C=C/C(=C(/OCc1ccc2c(c1)CCN(C1COC1)C2)C(=C)Cl)c1cccc(N/C(OC)=C(\C=N)C(=O)O)n1. The Morgan fingerprint density at radius 2 is 2.13 bits per heavy atom. The molecule has 10 heteroatoms. The van der Waals surface area contributed by atoms with Crippen LogP contribution in [0.2, 0.25) is 0 Å². The predicted molar refractivity (Wildman–Crippen MR) is 150 cm³/mol. The van der Waals surface area contributed by atoms with Gasteiger partial charge in [0.2, 0.25) is 5.88 Å². The first-order chi connectivity index (χ1) is 18.8. The number of hydrogen-bond donors (Lipinski definition) is 3. The van der Waals surface area contributed by atoms with Gasteiger partial charge in [0, 0.05) is 24.9 Å². The number of fused-ring (bicyclic) bond motifs is 1. The summed E-state index contributed by atoms with van der Waals surface area (Å²) in [5.41, 5.74) is 4.30. The second kappa shape index (κ2) is 12.8. The summed E-state index contributed by atoms with van der Waals surface area (Å²) in [4.78, 5) is 18.4. The number of aliphatic carboxylic acids is 1. The summed E-state index contributed by atoms with van der Waals surface area (Å²) in [5, 5.41) is 19.7. The number of carbonyl (C=O) groups is 1. The van der Waals surface area contributed by atoms with Gasteiger partial charge in [-0.15, -0.1) is 0 Å². The first kappa shape index (κ1) is 28.1. The van der Waals surface area contributed by atoms with Crippen LogP contribution < -0.4 is 5.32 Å². The van der Waals surface area contributed by atoms with Gasteiger partial charge in [-0.1, -0.05) is 55.1 Å². The Labute approximate surface area is 232 Å². The summed E-state index contributed by atoms with van der Waals surface area (Å²) < 4.78 is 16.6. The fourth-order valence-electron chi connectivity index (χ4n) is 4.46. The van der Waals surface area contributed by atoms with E-state index in [0.29, 0.717) is 35.1 Å². The van der Waals surface area contributed by atoms with Gasteiger partial charge in [0.15, 0.2) is 0 Å². The van der Waals surface area contributed by atoms with Crippen LogP contribution in [0.25, 0.3) is 5.57 Å². The highest BCUT2D eigenvalue weighted by Gasteiger charge is 2.28. The smallest absolute Gasteiger partial charge is 0.342 e. The molecular weight excluding hydrogens is 520 g/mol. The molecule has 2 aliphatic heterocycles. The highest BCUT2D eigenvalue weighted by Crippen LogP contribution is 2.29. The van der Waals surface area contributed by atoms with Gasteiger partial charge in [0.05, 0.1) is 37.1 Å². The van der Waals surface area contributed by atoms with E-state index in [4.69, 9.17) is 31.2 Å². The lowest BCUT2D eigenvalue weighted by Crippen LogP contribution is -2.50. The molecule has 39 heavy (non-hydrogen) atoms. The zero-order valence-corrected chi connectivity index (χ0v) is 22.5. The molecule has 204 valence electrons. The van der Waals surface area contributed by atoms with Crippen LogP contribution in [0.15, 0.2) is 77.9 Å². The molecule has 0 spiro atoms. The van der Waals surface area contributed by atoms with Gasteiger partial charge in [-0.05, 0) is 35.2 Å². The molecule has 0 radical (unpaired) electrons. The molecule has 2 aliphatic rings. The Morgan fingerprint density at radius 3 is 2.74 bits per heavy atom. The number of ether oxygens (including phenoxy) is 3. The molecule has 2 aromatic rings. The Hall–Kier alpha value is -3.92. The van der Waals surface area contributed by atoms with Crippen molar-refractivity contribution in [2.75, 3.05) is 32.2 Å². The van der Waals surface area contributed by atoms with Crippen molar-refractivity contribution in [3.8, 4) is 0 Å². The third kappa shape index (κ3) is 6.57. The summed E-state index contributed by atoms with van der Waals surface area (Å²) >= 11 is 6.35. The van der Waals surface area contributed by atoms with Crippen molar-refractivity contribution in [3.63, 3.8) is 0 Å². The highest BCUT2D eigenvalue weighted by atomic mass is 35.5. The number of aromatic nitrogens is 1. The van der Waals surface area contributed by atoms with Crippen molar-refractivity contribution in [1.29, 1.82) is 5.41 Å². The van der Waals surface area contributed by atoms with E-state index in [-0.39, 0.29) is 23.1 Å². The van der Waals surface area contributed by atoms with Crippen LogP contribution in [0.3, 0.4) is 0 Å². The van der Waals surface area contributed by atoms with Crippen molar-refractivity contribution in [2.24, 2.45) is 0 Å². The molecule has 0 atom stereocenters. The minimum Gasteiger partial charge on any atom is -0.487 e. The van der Waals surface area contributed by atoms with E-state index in [1.807, 2.05) is 0 Å². The number of carboxylic acid groups (broad SMARTS) is 1. The van der Waals surface area contributed by atoms with Crippen LogP contribution in [0, 0.1) is 5.41 Å². The molecule has 0 unspecified atom stereocenters. The average Bonchev–Trinajstić information content (AvgIpc) is 2.89. The monoisotopic (exact) mass is 550 g/mol. The van der Waals surface area contributed by atoms with Gasteiger partial charge in [-0.3, -0.25) is 4.90 Å². The highest BCUT2D eigenvalue weighted by molar-refractivity contribution is 6.32. The van der Waals surface area contributed by atoms with E-state index in [9.17, 15) is 9.90 Å². The number of rotatable bonds is 12. The second-order valence-corrected chi connectivity index (χ2v) is 9.54. The zero-order valence-electron chi connectivity index (χ0n) is 21.7. The van der Waals surface area contributed by atoms with Crippen molar-refractivity contribution in [3.05, 3.63) is 100 Å². The number of allylic oxidation sites excluding steroid dienone is 3. The normalized spacial score (nSPS) is 16.6. The molecule has 3 heterocycles. The molecule has 3 N–H and O–H groups in total. The van der Waals surface area contributed by atoms with Crippen molar-refractivity contribution in [2.45, 2.75) is 25.6 Å². The predicted octanol–water partition coefficient (Wildman–Crippen LogP) is 4.71. The average molecular weight is 551 g/mol. The molecule has 1 saturated heterocycles. The van der Waals surface area contributed by atoms with E-state index >= 15 is 0 Å². The third-order valence-electron chi connectivity index (χ3n) is 6.62. The third-order valence-corrected chi connectivity index (χ3v) is 6.79. The maximum absolute atomic E-state index is 11.4. The van der Waals surface area contributed by atoms with Crippen LogP contribution in [0.5, 0.6) is 0 Å². The van der Waals surface area contributed by atoms with Gasteiger partial charge in [0.25, 0.3) is 0 Å². The molecule has 0 bridgehead atoms. The van der Waals surface area contributed by atoms with E-state index in [1.54, 1.807) is 24.3 Å². The molecule has 1 fully saturated rings. The lowest BCUT2D eigenvalue weighted by Gasteiger charge is -2.40. The molecule has 1 aromatic carbocycles. The number of nitrogens with one attached hydrogen (secondary N) is 2. The Bertz CT molecular complexity index is 1350. The van der Waals surface area contributed by atoms with Gasteiger partial charge in [-0.2, -0.15) is 0 Å². The lowest BCUT2D eigenvalue weighted by atomic mass is 9.96. The summed E-state index contributed by atoms with van der Waals surface area (Å²) in [7, 11) is 1.30. The molecule has 1 aromatic heterocycles. The van der Waals surface area contributed by atoms with Crippen LogP contribution in [-0.2, 0) is 38.6 Å². The molecule has 0 amide bonds. The van der Waals surface area contributed by atoms with Gasteiger partial charge in [0.1, 0.15) is 23.8 Å². The van der Waals surface area contributed by atoms with Crippen molar-refractivity contribution >= 4 is 35.2 Å². The lowest BCUT2D eigenvalue weighted by molar-refractivity contribution is -0.132. The van der Waals surface area contributed by atoms with E-state index < -0.39 is 5.97 Å². The van der Waals surface area contributed by atoms with Crippen LogP contribution in [0.4, 0.5) is 5.82 Å². The standard InChI is InChI=1S/C29H31ClN4O5/c1-4-23(25-6-5-7-26(32-25)33-28(37-3)24(13-31)29(35)36)27(18(2)30)39-15-19-8-9-21-14-34(22-16-38-17-22)11-10-20(21)12-19/h4-9,12-13,22,31H,1-2,10-11,14-17H2,3H3,(H,32,33)(H,35,36)/b27-23-,28-24-,31-13?. The van der Waals surface area contributed by atoms with Crippen LogP contribution in [0.1, 0.15) is 22.4 Å². The number of carboxylic acids is 1. The fraction of sp³-hybridized carbons (Fsp3) is 0.276. The summed E-state index contributed by atoms with van der Waals surface area (Å²) in [6.07, 6.45) is 3.25. The van der Waals surface area contributed by atoms with E-state index in [0.717, 1.165) is 38.3 Å². The topological polar surface area (TPSA) is 117 Å². The first-order valence-corrected chi connectivity index (χ1v) is 12.8. The number of benzene rings is 1. The van der Waals surface area contributed by atoms with Crippen molar-refractivity contribution < 1.29 is 24.1 Å². The molecular formula is C29H31ClN4O5. The first-order valence-electron chi connectivity index (χ1n) is 12.4. The summed E-state index contributed by atoms with van der Waals surface area (Å²) in [5.74, 6) is -0.806. The largest absolute Gasteiger partial charge is 0.487 e. The Kier molecular flexibility index (Phi) is 9.19. The van der Waals surface area contributed by atoms with E-state index in [2.05, 4.69) is 46.6 Å². The summed E-state index contributed by atoms with van der Waals surface area (Å²) in [6.45, 7) is 11.6. The zero-order chi connectivity index (χ0) is 27.9. The number of anilines is 1. The molecule has 4 rings (SSSR count). The molecule has 0 aliphatic carbocycles. The van der Waals surface area contributed by atoms with E-state index in [1.165, 1.54) is 18.2 Å². The Morgan fingerprint density at radius 1 is 1.33 bits per heavy atom. The maximum atomic E-state index is 11.4. The van der Waals surface area contributed by atoms with Gasteiger partial charge in [-0.25, -0.2) is 9.78 Å². The minimum atomic E-state index is -1.31. The van der Waals surface area contributed by atoms with Gasteiger partial charge >= 0.3 is 5.97 Å². The summed E-state index contributed by atoms with van der Waals surface area (Å²) in [6, 6.07) is 12.0. The number of halogens is 1.